The first-order valence-corrected chi connectivity index (χ1v) is 6.78. The second kappa shape index (κ2) is 7.52. The SMILES string of the molecule is CCC(CC)(NC(=O)COc1ccc(OC)cc1)C(=O)O. The highest BCUT2D eigenvalue weighted by molar-refractivity contribution is 5.87. The normalized spacial score (nSPS) is 10.8. The van der Waals surface area contributed by atoms with E-state index in [1.807, 2.05) is 0 Å². The van der Waals surface area contributed by atoms with E-state index in [1.54, 1.807) is 45.2 Å². The Kier molecular flexibility index (Phi) is 6.02. The first-order valence-electron chi connectivity index (χ1n) is 6.78. The van der Waals surface area contributed by atoms with Crippen molar-refractivity contribution in [3.05, 3.63) is 24.3 Å². The molecule has 1 amide bonds. The highest BCUT2D eigenvalue weighted by Crippen LogP contribution is 2.18. The molecule has 21 heavy (non-hydrogen) atoms. The second-order valence-corrected chi connectivity index (χ2v) is 4.61. The molecule has 2 N–H and O–H groups in total. The van der Waals surface area contributed by atoms with E-state index >= 15 is 0 Å². The Labute approximate surface area is 124 Å². The van der Waals surface area contributed by atoms with Gasteiger partial charge in [0.2, 0.25) is 0 Å². The number of carbonyl (C=O) groups excluding carboxylic acids is 1. The molecule has 6 heteroatoms. The Bertz CT molecular complexity index is 479. The van der Waals surface area contributed by atoms with E-state index in [1.165, 1.54) is 0 Å². The number of aliphatic carboxylic acids is 1. The lowest BCUT2D eigenvalue weighted by molar-refractivity contribution is -0.148. The molecule has 0 spiro atoms. The van der Waals surface area contributed by atoms with Gasteiger partial charge in [-0.1, -0.05) is 13.8 Å². The molecule has 0 heterocycles. The Hall–Kier alpha value is -2.24. The molecule has 1 aromatic rings. The molecule has 0 aliphatic carbocycles. The van der Waals surface area contributed by atoms with Crippen LogP contribution in [-0.2, 0) is 9.59 Å². The summed E-state index contributed by atoms with van der Waals surface area (Å²) in [6.07, 6.45) is 0.625. The number of carbonyl (C=O) groups is 2. The zero-order valence-corrected chi connectivity index (χ0v) is 12.5. The fourth-order valence-corrected chi connectivity index (χ4v) is 1.91. The van der Waals surface area contributed by atoms with Gasteiger partial charge in [0, 0.05) is 0 Å². The van der Waals surface area contributed by atoms with Crippen LogP contribution in [0.4, 0.5) is 0 Å². The van der Waals surface area contributed by atoms with Gasteiger partial charge >= 0.3 is 5.97 Å². The van der Waals surface area contributed by atoms with E-state index in [2.05, 4.69) is 5.32 Å². The maximum atomic E-state index is 11.9. The van der Waals surface area contributed by atoms with Gasteiger partial charge in [-0.15, -0.1) is 0 Å². The molecule has 0 saturated heterocycles. The van der Waals surface area contributed by atoms with Gasteiger partial charge in [-0.3, -0.25) is 4.79 Å². The van der Waals surface area contributed by atoms with Crippen LogP contribution in [0.2, 0.25) is 0 Å². The predicted octanol–water partition coefficient (Wildman–Crippen LogP) is 1.83. The van der Waals surface area contributed by atoms with Crippen LogP contribution in [0.3, 0.4) is 0 Å². The third-order valence-electron chi connectivity index (χ3n) is 3.42. The van der Waals surface area contributed by atoms with E-state index in [9.17, 15) is 14.7 Å². The summed E-state index contributed by atoms with van der Waals surface area (Å²) >= 11 is 0. The highest BCUT2D eigenvalue weighted by atomic mass is 16.5. The fourth-order valence-electron chi connectivity index (χ4n) is 1.91. The maximum absolute atomic E-state index is 11.9. The smallest absolute Gasteiger partial charge is 0.329 e. The molecule has 6 nitrogen and oxygen atoms in total. The van der Waals surface area contributed by atoms with Crippen molar-refractivity contribution in [2.24, 2.45) is 0 Å². The topological polar surface area (TPSA) is 84.9 Å². The van der Waals surface area contributed by atoms with Gasteiger partial charge in [0.05, 0.1) is 7.11 Å². The molecule has 116 valence electrons. The number of hydrogen-bond donors (Lipinski definition) is 2. The van der Waals surface area contributed by atoms with Gasteiger partial charge < -0.3 is 19.9 Å². The van der Waals surface area contributed by atoms with Crippen LogP contribution in [0.1, 0.15) is 26.7 Å². The zero-order valence-electron chi connectivity index (χ0n) is 12.5. The Morgan fingerprint density at radius 1 is 1.14 bits per heavy atom. The minimum Gasteiger partial charge on any atom is -0.497 e. The van der Waals surface area contributed by atoms with Crippen molar-refractivity contribution in [3.8, 4) is 11.5 Å². The largest absolute Gasteiger partial charge is 0.497 e. The number of benzene rings is 1. The number of hydrogen-bond acceptors (Lipinski definition) is 4. The summed E-state index contributed by atoms with van der Waals surface area (Å²) in [7, 11) is 1.56. The van der Waals surface area contributed by atoms with E-state index in [0.29, 0.717) is 24.3 Å². The summed E-state index contributed by atoms with van der Waals surface area (Å²) in [5.41, 5.74) is -1.24. The number of nitrogens with one attached hydrogen (secondary N) is 1. The Morgan fingerprint density at radius 3 is 2.10 bits per heavy atom. The first kappa shape index (κ1) is 16.8. The van der Waals surface area contributed by atoms with Gasteiger partial charge in [0.1, 0.15) is 17.0 Å². The van der Waals surface area contributed by atoms with Gasteiger partial charge in [-0.25, -0.2) is 4.79 Å². The summed E-state index contributed by atoms with van der Waals surface area (Å²) in [4.78, 5) is 23.1. The number of carboxylic acid groups (broad SMARTS) is 1. The molecule has 0 fully saturated rings. The number of amides is 1. The lowest BCUT2D eigenvalue weighted by Gasteiger charge is -2.27. The minimum atomic E-state index is -1.24. The molecular formula is C15H21NO5. The molecule has 0 aliphatic rings. The molecule has 0 aliphatic heterocycles. The van der Waals surface area contributed by atoms with Crippen molar-refractivity contribution in [3.63, 3.8) is 0 Å². The van der Waals surface area contributed by atoms with Crippen LogP contribution in [0, 0.1) is 0 Å². The number of rotatable bonds is 8. The first-order chi connectivity index (χ1) is 9.97. The average molecular weight is 295 g/mol. The van der Waals surface area contributed by atoms with Crippen LogP contribution in [0.5, 0.6) is 11.5 Å². The molecular weight excluding hydrogens is 274 g/mol. The van der Waals surface area contributed by atoms with Crippen molar-refractivity contribution < 1.29 is 24.2 Å². The molecule has 0 aromatic heterocycles. The molecule has 0 bridgehead atoms. The monoisotopic (exact) mass is 295 g/mol. The molecule has 0 radical (unpaired) electrons. The number of carboxylic acids is 1. The third-order valence-corrected chi connectivity index (χ3v) is 3.42. The highest BCUT2D eigenvalue weighted by Gasteiger charge is 2.36. The van der Waals surface area contributed by atoms with Gasteiger partial charge in [0.15, 0.2) is 6.61 Å². The second-order valence-electron chi connectivity index (χ2n) is 4.61. The van der Waals surface area contributed by atoms with Crippen molar-refractivity contribution >= 4 is 11.9 Å². The van der Waals surface area contributed by atoms with Crippen LogP contribution in [0.15, 0.2) is 24.3 Å². The Balaban J connectivity index is 2.58. The van der Waals surface area contributed by atoms with Crippen LogP contribution < -0.4 is 14.8 Å². The molecule has 1 rings (SSSR count). The van der Waals surface area contributed by atoms with Crippen LogP contribution in [-0.4, -0.2) is 36.2 Å². The average Bonchev–Trinajstić information content (AvgIpc) is 2.50. The number of ether oxygens (including phenoxy) is 2. The fraction of sp³-hybridized carbons (Fsp3) is 0.467. The zero-order chi connectivity index (χ0) is 15.9. The van der Waals surface area contributed by atoms with Crippen LogP contribution >= 0.6 is 0 Å². The predicted molar refractivity (Wildman–Crippen MR) is 77.6 cm³/mol. The summed E-state index contributed by atoms with van der Waals surface area (Å²) in [6.45, 7) is 3.21. The van der Waals surface area contributed by atoms with Crippen molar-refractivity contribution in [1.82, 2.24) is 5.32 Å². The van der Waals surface area contributed by atoms with Gasteiger partial charge in [0.25, 0.3) is 5.91 Å². The molecule has 1 aromatic carbocycles. The lowest BCUT2D eigenvalue weighted by Crippen LogP contribution is -2.54. The van der Waals surface area contributed by atoms with E-state index in [4.69, 9.17) is 9.47 Å². The van der Waals surface area contributed by atoms with Crippen molar-refractivity contribution in [2.75, 3.05) is 13.7 Å². The van der Waals surface area contributed by atoms with Gasteiger partial charge in [-0.05, 0) is 37.1 Å². The van der Waals surface area contributed by atoms with E-state index in [-0.39, 0.29) is 6.61 Å². The van der Waals surface area contributed by atoms with E-state index < -0.39 is 17.4 Å². The van der Waals surface area contributed by atoms with Crippen molar-refractivity contribution in [1.29, 1.82) is 0 Å². The molecule has 0 saturated carbocycles. The number of methoxy groups -OCH3 is 1. The van der Waals surface area contributed by atoms with Crippen LogP contribution in [0.25, 0.3) is 0 Å². The quantitative estimate of drug-likeness (QED) is 0.764. The summed E-state index contributed by atoms with van der Waals surface area (Å²) < 4.78 is 10.3. The molecule has 0 unspecified atom stereocenters. The Morgan fingerprint density at radius 2 is 1.67 bits per heavy atom. The standard InChI is InChI=1S/C15H21NO5/c1-4-15(5-2,14(18)19)16-13(17)10-21-12-8-6-11(20-3)7-9-12/h6-9H,4-5,10H2,1-3H3,(H,16,17)(H,18,19). The summed E-state index contributed by atoms with van der Waals surface area (Å²) in [5, 5.41) is 11.8. The third kappa shape index (κ3) is 4.37. The van der Waals surface area contributed by atoms with Gasteiger partial charge in [-0.2, -0.15) is 0 Å². The summed E-state index contributed by atoms with van der Waals surface area (Å²) in [6, 6.07) is 6.78. The summed E-state index contributed by atoms with van der Waals surface area (Å²) in [5.74, 6) is -0.296. The maximum Gasteiger partial charge on any atom is 0.329 e. The minimum absolute atomic E-state index is 0.235. The van der Waals surface area contributed by atoms with E-state index in [0.717, 1.165) is 0 Å². The van der Waals surface area contributed by atoms with Crippen molar-refractivity contribution in [2.45, 2.75) is 32.2 Å². The molecule has 0 atom stereocenters. The lowest BCUT2D eigenvalue weighted by atomic mass is 9.93.